The lowest BCUT2D eigenvalue weighted by atomic mass is 10.1. The van der Waals surface area contributed by atoms with Crippen LogP contribution in [0.2, 0.25) is 0 Å². The van der Waals surface area contributed by atoms with Crippen LogP contribution in [-0.2, 0) is 0 Å². The molecule has 1 atom stereocenters. The monoisotopic (exact) mass is 383 g/mol. The first-order valence-electron chi connectivity index (χ1n) is 8.28. The van der Waals surface area contributed by atoms with Crippen LogP contribution in [-0.4, -0.2) is 32.5 Å². The highest BCUT2D eigenvalue weighted by Crippen LogP contribution is 2.30. The highest BCUT2D eigenvalue weighted by Gasteiger charge is 2.20. The van der Waals surface area contributed by atoms with Crippen molar-refractivity contribution in [1.29, 1.82) is 0 Å². The van der Waals surface area contributed by atoms with Gasteiger partial charge in [-0.25, -0.2) is 4.98 Å². The number of rotatable bonds is 5. The standard InChI is InChI=1S/C18H17N5O3S/c1-10(17-20-11(2)22-26-17)19-16(24)14-9-27-18-21-13(8-23(14)18)12-6-4-5-7-15(12)25-3/h4-10H,1-3H3,(H,19,24)/t10-/m1/s1. The number of hydrogen-bond acceptors (Lipinski definition) is 7. The van der Waals surface area contributed by atoms with Crippen molar-refractivity contribution >= 4 is 22.2 Å². The number of carbonyl (C=O) groups is 1. The Morgan fingerprint density at radius 1 is 1.33 bits per heavy atom. The maximum absolute atomic E-state index is 12.7. The van der Waals surface area contributed by atoms with E-state index in [0.717, 1.165) is 22.0 Å². The molecular weight excluding hydrogens is 366 g/mol. The molecule has 8 nitrogen and oxygen atoms in total. The topological polar surface area (TPSA) is 94.6 Å². The number of methoxy groups -OCH3 is 1. The summed E-state index contributed by atoms with van der Waals surface area (Å²) in [6.07, 6.45) is 1.83. The molecule has 27 heavy (non-hydrogen) atoms. The van der Waals surface area contributed by atoms with Crippen LogP contribution >= 0.6 is 11.3 Å². The fourth-order valence-corrected chi connectivity index (χ4v) is 3.61. The Bertz CT molecular complexity index is 1110. The molecule has 1 amide bonds. The fraction of sp³-hybridized carbons (Fsp3) is 0.222. The van der Waals surface area contributed by atoms with Gasteiger partial charge in [-0.1, -0.05) is 17.3 Å². The van der Waals surface area contributed by atoms with Crippen LogP contribution < -0.4 is 10.1 Å². The number of carbonyl (C=O) groups excluding carboxylic acids is 1. The van der Waals surface area contributed by atoms with Gasteiger partial charge in [-0.05, 0) is 26.0 Å². The average molecular weight is 383 g/mol. The first kappa shape index (κ1) is 17.2. The summed E-state index contributed by atoms with van der Waals surface area (Å²) in [6.45, 7) is 3.53. The number of imidazole rings is 1. The molecule has 0 saturated carbocycles. The maximum Gasteiger partial charge on any atom is 0.269 e. The first-order valence-corrected chi connectivity index (χ1v) is 9.16. The molecule has 0 radical (unpaired) electrons. The second-order valence-electron chi connectivity index (χ2n) is 5.97. The van der Waals surface area contributed by atoms with Crippen LogP contribution in [0.3, 0.4) is 0 Å². The Balaban J connectivity index is 1.63. The zero-order valence-corrected chi connectivity index (χ0v) is 15.8. The lowest BCUT2D eigenvalue weighted by molar-refractivity contribution is 0.0927. The predicted molar refractivity (Wildman–Crippen MR) is 100.0 cm³/mol. The third-order valence-corrected chi connectivity index (χ3v) is 4.93. The summed E-state index contributed by atoms with van der Waals surface area (Å²) in [4.78, 5) is 22.2. The van der Waals surface area contributed by atoms with Gasteiger partial charge in [0.05, 0.1) is 12.8 Å². The summed E-state index contributed by atoms with van der Waals surface area (Å²) in [6, 6.07) is 7.24. The van der Waals surface area contributed by atoms with Gasteiger partial charge in [-0.15, -0.1) is 11.3 Å². The van der Waals surface area contributed by atoms with E-state index in [1.165, 1.54) is 11.3 Å². The lowest BCUT2D eigenvalue weighted by Crippen LogP contribution is -2.27. The Labute approximate surface area is 158 Å². The zero-order valence-electron chi connectivity index (χ0n) is 15.0. The third-order valence-electron chi connectivity index (χ3n) is 4.09. The van der Waals surface area contributed by atoms with Crippen molar-refractivity contribution in [2.75, 3.05) is 7.11 Å². The molecule has 3 heterocycles. The van der Waals surface area contributed by atoms with Gasteiger partial charge < -0.3 is 14.6 Å². The molecule has 4 rings (SSSR count). The number of hydrogen-bond donors (Lipinski definition) is 1. The van der Waals surface area contributed by atoms with E-state index in [2.05, 4.69) is 20.4 Å². The number of para-hydroxylation sites is 1. The third kappa shape index (κ3) is 3.17. The van der Waals surface area contributed by atoms with Gasteiger partial charge in [-0.2, -0.15) is 4.98 Å². The number of nitrogens with one attached hydrogen (secondary N) is 1. The van der Waals surface area contributed by atoms with Crippen molar-refractivity contribution in [1.82, 2.24) is 24.8 Å². The molecule has 138 valence electrons. The number of fused-ring (bicyclic) bond motifs is 1. The first-order chi connectivity index (χ1) is 13.1. The number of amides is 1. The summed E-state index contributed by atoms with van der Waals surface area (Å²) in [5.41, 5.74) is 2.11. The van der Waals surface area contributed by atoms with E-state index in [0.29, 0.717) is 17.4 Å². The maximum atomic E-state index is 12.7. The second-order valence-corrected chi connectivity index (χ2v) is 6.81. The minimum atomic E-state index is -0.397. The Kier molecular flexibility index (Phi) is 4.36. The molecule has 0 unspecified atom stereocenters. The van der Waals surface area contributed by atoms with E-state index in [4.69, 9.17) is 9.26 Å². The minimum Gasteiger partial charge on any atom is -0.496 e. The Hall–Kier alpha value is -3.20. The summed E-state index contributed by atoms with van der Waals surface area (Å²) in [5, 5.41) is 8.40. The fourth-order valence-electron chi connectivity index (χ4n) is 2.75. The second kappa shape index (κ2) is 6.84. The summed E-state index contributed by atoms with van der Waals surface area (Å²) < 4.78 is 12.3. The highest BCUT2D eigenvalue weighted by atomic mass is 32.1. The number of aryl methyl sites for hydroxylation is 1. The van der Waals surface area contributed by atoms with Gasteiger partial charge in [-0.3, -0.25) is 9.20 Å². The average Bonchev–Trinajstić information content (AvgIpc) is 3.36. The van der Waals surface area contributed by atoms with Crippen molar-refractivity contribution in [3.63, 3.8) is 0 Å². The van der Waals surface area contributed by atoms with Crippen LogP contribution in [0.15, 0.2) is 40.4 Å². The number of thiazole rings is 1. The summed E-state index contributed by atoms with van der Waals surface area (Å²) >= 11 is 1.40. The van der Waals surface area contributed by atoms with E-state index in [1.54, 1.807) is 30.7 Å². The van der Waals surface area contributed by atoms with Gasteiger partial charge in [0.1, 0.15) is 17.5 Å². The van der Waals surface area contributed by atoms with E-state index in [1.807, 2.05) is 30.5 Å². The molecule has 0 fully saturated rings. The molecule has 0 aliphatic rings. The molecule has 0 aliphatic heterocycles. The molecule has 0 saturated heterocycles. The van der Waals surface area contributed by atoms with Gasteiger partial charge in [0, 0.05) is 17.1 Å². The van der Waals surface area contributed by atoms with Crippen molar-refractivity contribution in [3.8, 4) is 17.0 Å². The van der Waals surface area contributed by atoms with E-state index < -0.39 is 6.04 Å². The molecule has 0 bridgehead atoms. The Morgan fingerprint density at radius 3 is 2.89 bits per heavy atom. The normalized spacial score (nSPS) is 12.3. The van der Waals surface area contributed by atoms with Crippen LogP contribution in [0.1, 0.15) is 35.2 Å². The van der Waals surface area contributed by atoms with Crippen LogP contribution in [0.5, 0.6) is 5.75 Å². The van der Waals surface area contributed by atoms with Crippen molar-refractivity contribution < 1.29 is 14.1 Å². The predicted octanol–water partition coefficient (Wildman–Crippen LogP) is 3.25. The molecule has 0 spiro atoms. The number of ether oxygens (including phenoxy) is 1. The molecule has 1 N–H and O–H groups in total. The molecule has 3 aromatic heterocycles. The zero-order chi connectivity index (χ0) is 19.0. The summed E-state index contributed by atoms with van der Waals surface area (Å²) in [7, 11) is 1.62. The highest BCUT2D eigenvalue weighted by molar-refractivity contribution is 7.15. The lowest BCUT2D eigenvalue weighted by Gasteiger charge is -2.08. The van der Waals surface area contributed by atoms with Crippen molar-refractivity contribution in [2.45, 2.75) is 19.9 Å². The van der Waals surface area contributed by atoms with E-state index >= 15 is 0 Å². The van der Waals surface area contributed by atoms with Gasteiger partial charge >= 0.3 is 0 Å². The van der Waals surface area contributed by atoms with Crippen molar-refractivity contribution in [2.24, 2.45) is 0 Å². The van der Waals surface area contributed by atoms with Gasteiger partial charge in [0.25, 0.3) is 5.91 Å². The van der Waals surface area contributed by atoms with Gasteiger partial charge in [0.2, 0.25) is 5.89 Å². The summed E-state index contributed by atoms with van der Waals surface area (Å²) in [5.74, 6) is 1.39. The number of aromatic nitrogens is 4. The van der Waals surface area contributed by atoms with Crippen molar-refractivity contribution in [3.05, 3.63) is 53.3 Å². The smallest absolute Gasteiger partial charge is 0.269 e. The SMILES string of the molecule is COc1ccccc1-c1cn2c(C(=O)N[C@H](C)c3nc(C)no3)csc2n1. The quantitative estimate of drug-likeness (QED) is 0.568. The van der Waals surface area contributed by atoms with E-state index in [9.17, 15) is 4.79 Å². The van der Waals surface area contributed by atoms with Crippen LogP contribution in [0.25, 0.3) is 16.2 Å². The van der Waals surface area contributed by atoms with Gasteiger partial charge in [0.15, 0.2) is 10.8 Å². The van der Waals surface area contributed by atoms with Crippen LogP contribution in [0, 0.1) is 6.92 Å². The molecule has 0 aliphatic carbocycles. The largest absolute Gasteiger partial charge is 0.496 e. The van der Waals surface area contributed by atoms with E-state index in [-0.39, 0.29) is 5.91 Å². The van der Waals surface area contributed by atoms with Crippen LogP contribution in [0.4, 0.5) is 0 Å². The Morgan fingerprint density at radius 2 is 2.15 bits per heavy atom. The molecule has 4 aromatic rings. The number of nitrogens with zero attached hydrogens (tertiary/aromatic N) is 4. The number of benzene rings is 1. The molecule has 1 aromatic carbocycles. The molecule has 9 heteroatoms. The molecular formula is C18H17N5O3S. The minimum absolute atomic E-state index is 0.242.